The van der Waals surface area contributed by atoms with Gasteiger partial charge in [0, 0.05) is 23.1 Å². The first-order valence-corrected chi connectivity index (χ1v) is 10.3. The number of Topliss-reactive ketones (excluding diaryl/α,β-unsaturated/α-hetero) is 1. The fourth-order valence-corrected chi connectivity index (χ4v) is 4.21. The number of carbonyl (C=O) groups is 2. The maximum atomic E-state index is 13.2. The zero-order valence-corrected chi connectivity index (χ0v) is 18.0. The molecule has 0 amide bonds. The molecule has 1 atom stereocenters. The van der Waals surface area contributed by atoms with Crippen molar-refractivity contribution in [3.8, 4) is 28.7 Å². The number of methoxy groups -OCH3 is 2. The lowest BCUT2D eigenvalue weighted by Crippen LogP contribution is -2.21. The Kier molecular flexibility index (Phi) is 5.01. The van der Waals surface area contributed by atoms with E-state index in [0.29, 0.717) is 39.7 Å². The summed E-state index contributed by atoms with van der Waals surface area (Å²) in [4.78, 5) is 25.4. The van der Waals surface area contributed by atoms with Crippen molar-refractivity contribution in [3.05, 3.63) is 82.6 Å². The van der Waals surface area contributed by atoms with Crippen molar-refractivity contribution < 1.29 is 33.6 Å². The fourth-order valence-electron chi connectivity index (χ4n) is 4.21. The van der Waals surface area contributed by atoms with Gasteiger partial charge in [0.25, 0.3) is 0 Å². The molecule has 0 unspecified atom stereocenters. The third-order valence-corrected chi connectivity index (χ3v) is 5.78. The number of benzene rings is 3. The molecule has 3 aromatic carbocycles. The summed E-state index contributed by atoms with van der Waals surface area (Å²) in [6.45, 7) is 0. The van der Waals surface area contributed by atoms with Crippen molar-refractivity contribution in [3.63, 3.8) is 0 Å². The van der Waals surface area contributed by atoms with Crippen molar-refractivity contribution in [1.82, 2.24) is 0 Å². The average molecular weight is 444 g/mol. The van der Waals surface area contributed by atoms with E-state index in [0.717, 1.165) is 5.56 Å². The van der Waals surface area contributed by atoms with Crippen molar-refractivity contribution in [2.75, 3.05) is 14.2 Å². The van der Waals surface area contributed by atoms with Gasteiger partial charge in [-0.1, -0.05) is 12.1 Å². The molecule has 0 bridgehead atoms. The van der Waals surface area contributed by atoms with Crippen LogP contribution < -0.4 is 18.9 Å². The lowest BCUT2D eigenvalue weighted by Gasteiger charge is -2.26. The molecule has 33 heavy (non-hydrogen) atoms. The van der Waals surface area contributed by atoms with Gasteiger partial charge in [0.2, 0.25) is 5.78 Å². The quantitative estimate of drug-likeness (QED) is 0.361. The van der Waals surface area contributed by atoms with E-state index in [-0.39, 0.29) is 29.7 Å². The average Bonchev–Trinajstić information content (AvgIpc) is 3.13. The van der Waals surface area contributed by atoms with Crippen molar-refractivity contribution in [1.29, 1.82) is 0 Å². The molecule has 3 aromatic rings. The van der Waals surface area contributed by atoms with Crippen molar-refractivity contribution >= 4 is 17.8 Å². The van der Waals surface area contributed by atoms with Gasteiger partial charge in [-0.15, -0.1) is 0 Å². The molecule has 0 radical (unpaired) electrons. The first kappa shape index (κ1) is 20.6. The molecule has 5 rings (SSSR count). The maximum Gasteiger partial charge on any atom is 0.312 e. The van der Waals surface area contributed by atoms with Crippen LogP contribution in [0.5, 0.6) is 28.7 Å². The number of carbonyl (C=O) groups excluding carboxylic acids is 2. The molecule has 1 N–H and O–H groups in total. The van der Waals surface area contributed by atoms with Gasteiger partial charge < -0.3 is 24.1 Å². The van der Waals surface area contributed by atoms with E-state index in [2.05, 4.69) is 0 Å². The van der Waals surface area contributed by atoms with Crippen molar-refractivity contribution in [2.45, 2.75) is 12.3 Å². The van der Waals surface area contributed by atoms with Gasteiger partial charge in [0.1, 0.15) is 28.7 Å². The molecule has 166 valence electrons. The van der Waals surface area contributed by atoms with Crippen LogP contribution in [0.25, 0.3) is 6.08 Å². The SMILES string of the molecule is COc1ccc(/C=C2\Oc3c(ccc4c3[C@H](c3cccc(O)c3)CC(=O)O4)C2=O)c(OC)c1. The van der Waals surface area contributed by atoms with Gasteiger partial charge in [-0.05, 0) is 48.0 Å². The number of hydrogen-bond acceptors (Lipinski definition) is 7. The minimum absolute atomic E-state index is 0.0653. The molecule has 7 nitrogen and oxygen atoms in total. The van der Waals surface area contributed by atoms with Gasteiger partial charge in [-0.2, -0.15) is 0 Å². The molecule has 0 saturated heterocycles. The Bertz CT molecular complexity index is 1320. The Hall–Kier alpha value is -4.26. The number of ketones is 1. The number of allylic oxidation sites excluding steroid dienone is 1. The summed E-state index contributed by atoms with van der Waals surface area (Å²) in [6, 6.07) is 15.2. The number of aromatic hydroxyl groups is 1. The van der Waals surface area contributed by atoms with Gasteiger partial charge >= 0.3 is 5.97 Å². The second kappa shape index (κ2) is 8.02. The van der Waals surface area contributed by atoms with Crippen LogP contribution in [0.3, 0.4) is 0 Å². The highest BCUT2D eigenvalue weighted by atomic mass is 16.5. The second-order valence-corrected chi connectivity index (χ2v) is 7.73. The summed E-state index contributed by atoms with van der Waals surface area (Å²) in [5, 5.41) is 9.95. The minimum atomic E-state index is -0.425. The maximum absolute atomic E-state index is 13.2. The molecule has 0 aromatic heterocycles. The molecule has 0 fully saturated rings. The van der Waals surface area contributed by atoms with E-state index in [1.54, 1.807) is 61.7 Å². The van der Waals surface area contributed by atoms with Gasteiger partial charge in [-0.3, -0.25) is 9.59 Å². The highest BCUT2D eigenvalue weighted by Crippen LogP contribution is 2.49. The molecule has 0 spiro atoms. The summed E-state index contributed by atoms with van der Waals surface area (Å²) in [5.41, 5.74) is 2.37. The van der Waals surface area contributed by atoms with E-state index in [1.807, 2.05) is 6.07 Å². The van der Waals surface area contributed by atoms with Crippen LogP contribution in [0.1, 0.15) is 39.4 Å². The predicted octanol–water partition coefficient (Wildman–Crippen LogP) is 4.47. The number of phenolic OH excluding ortho intramolecular Hbond substituents is 1. The Morgan fingerprint density at radius 2 is 1.85 bits per heavy atom. The highest BCUT2D eigenvalue weighted by molar-refractivity contribution is 6.15. The first-order valence-electron chi connectivity index (χ1n) is 10.3. The largest absolute Gasteiger partial charge is 0.508 e. The summed E-state index contributed by atoms with van der Waals surface area (Å²) in [6.07, 6.45) is 1.68. The molecule has 2 heterocycles. The fraction of sp³-hybridized carbons (Fsp3) is 0.154. The Balaban J connectivity index is 1.60. The number of hydrogen-bond donors (Lipinski definition) is 1. The van der Waals surface area contributed by atoms with Crippen molar-refractivity contribution in [2.24, 2.45) is 0 Å². The van der Waals surface area contributed by atoms with Crippen LogP contribution in [0.2, 0.25) is 0 Å². The molecular formula is C26H20O7. The van der Waals surface area contributed by atoms with E-state index in [1.165, 1.54) is 7.11 Å². The smallest absolute Gasteiger partial charge is 0.312 e. The summed E-state index contributed by atoms with van der Waals surface area (Å²) < 4.78 is 22.2. The molecule has 2 aliphatic rings. The lowest BCUT2D eigenvalue weighted by molar-refractivity contribution is -0.135. The van der Waals surface area contributed by atoms with Crippen LogP contribution >= 0.6 is 0 Å². The number of rotatable bonds is 4. The Morgan fingerprint density at radius 3 is 2.61 bits per heavy atom. The van der Waals surface area contributed by atoms with Crippen LogP contribution in [0, 0.1) is 0 Å². The predicted molar refractivity (Wildman–Crippen MR) is 119 cm³/mol. The second-order valence-electron chi connectivity index (χ2n) is 7.73. The number of phenols is 1. The number of ether oxygens (including phenoxy) is 4. The van der Waals surface area contributed by atoms with Crippen LogP contribution in [0.4, 0.5) is 0 Å². The Labute approximate surface area is 189 Å². The van der Waals surface area contributed by atoms with Gasteiger partial charge in [-0.25, -0.2) is 0 Å². The number of fused-ring (bicyclic) bond motifs is 3. The Morgan fingerprint density at radius 1 is 1.00 bits per heavy atom. The highest BCUT2D eigenvalue weighted by Gasteiger charge is 2.38. The van der Waals surface area contributed by atoms with Gasteiger partial charge in [0.15, 0.2) is 5.76 Å². The van der Waals surface area contributed by atoms with Crippen LogP contribution in [-0.4, -0.2) is 31.1 Å². The zero-order valence-electron chi connectivity index (χ0n) is 18.0. The van der Waals surface area contributed by atoms with E-state index >= 15 is 0 Å². The zero-order chi connectivity index (χ0) is 23.1. The molecule has 7 heteroatoms. The minimum Gasteiger partial charge on any atom is -0.508 e. The summed E-state index contributed by atoms with van der Waals surface area (Å²) >= 11 is 0. The monoisotopic (exact) mass is 444 g/mol. The number of esters is 1. The van der Waals surface area contributed by atoms with E-state index in [4.69, 9.17) is 18.9 Å². The topological polar surface area (TPSA) is 91.3 Å². The normalized spacial score (nSPS) is 17.8. The summed E-state index contributed by atoms with van der Waals surface area (Å²) in [5.74, 6) is 0.982. The van der Waals surface area contributed by atoms with Crippen LogP contribution in [0.15, 0.2) is 60.4 Å². The standard InChI is InChI=1S/C26H20O7/c1-30-17-7-6-15(21(12-17)31-2)11-22-25(29)18-8-9-20-24(26(18)33-22)19(13-23(28)32-20)14-4-3-5-16(27)10-14/h3-12,19,27H,13H2,1-2H3/b22-11-/t19-/m0/s1. The molecular weight excluding hydrogens is 424 g/mol. The van der Waals surface area contributed by atoms with E-state index in [9.17, 15) is 14.7 Å². The third-order valence-electron chi connectivity index (χ3n) is 5.78. The first-order chi connectivity index (χ1) is 16.0. The molecule has 2 aliphatic heterocycles. The van der Waals surface area contributed by atoms with E-state index < -0.39 is 5.92 Å². The molecule has 0 aliphatic carbocycles. The third kappa shape index (κ3) is 3.57. The summed E-state index contributed by atoms with van der Waals surface area (Å²) in [7, 11) is 3.10. The molecule has 0 saturated carbocycles. The lowest BCUT2D eigenvalue weighted by atomic mass is 9.84. The van der Waals surface area contributed by atoms with Gasteiger partial charge in [0.05, 0.1) is 26.2 Å². The van der Waals surface area contributed by atoms with Crippen LogP contribution in [-0.2, 0) is 4.79 Å².